The molecule has 1 saturated heterocycles. The molecule has 0 spiro atoms. The van der Waals surface area contributed by atoms with Crippen LogP contribution < -0.4 is 0 Å². The molecular formula is C10H14F3NO. The van der Waals surface area contributed by atoms with Crippen molar-refractivity contribution in [3.63, 3.8) is 0 Å². The number of halogens is 3. The quantitative estimate of drug-likeness (QED) is 0.698. The number of rotatable bonds is 2. The molecule has 15 heavy (non-hydrogen) atoms. The van der Waals surface area contributed by atoms with Crippen molar-refractivity contribution in [2.45, 2.75) is 25.9 Å². The maximum Gasteiger partial charge on any atom is 0.395 e. The summed E-state index contributed by atoms with van der Waals surface area (Å²) in [7, 11) is 0. The van der Waals surface area contributed by atoms with E-state index in [9.17, 15) is 18.0 Å². The predicted octanol–water partition coefficient (Wildman–Crippen LogP) is 2.05. The van der Waals surface area contributed by atoms with Gasteiger partial charge in [0.05, 0.1) is 5.92 Å². The second-order valence-corrected chi connectivity index (χ2v) is 4.71. The van der Waals surface area contributed by atoms with Crippen LogP contribution in [-0.4, -0.2) is 30.1 Å². The van der Waals surface area contributed by atoms with Crippen molar-refractivity contribution in [1.29, 1.82) is 0 Å². The topological polar surface area (TPSA) is 20.3 Å². The number of hydrogen-bond acceptors (Lipinski definition) is 1. The van der Waals surface area contributed by atoms with Crippen LogP contribution in [-0.2, 0) is 4.79 Å². The molecular weight excluding hydrogens is 207 g/mol. The van der Waals surface area contributed by atoms with Gasteiger partial charge in [-0.25, -0.2) is 0 Å². The Labute approximate surface area is 86.4 Å². The third-order valence-corrected chi connectivity index (χ3v) is 3.41. The summed E-state index contributed by atoms with van der Waals surface area (Å²) in [6.45, 7) is 1.79. The maximum atomic E-state index is 12.1. The van der Waals surface area contributed by atoms with Crippen molar-refractivity contribution >= 4 is 5.91 Å². The zero-order valence-corrected chi connectivity index (χ0v) is 8.55. The smallest absolute Gasteiger partial charge is 0.341 e. The molecule has 1 aliphatic heterocycles. The molecule has 2 unspecified atom stereocenters. The summed E-state index contributed by atoms with van der Waals surface area (Å²) < 4.78 is 36.4. The lowest BCUT2D eigenvalue weighted by Gasteiger charge is -2.40. The maximum absolute atomic E-state index is 12.1. The second-order valence-electron chi connectivity index (χ2n) is 4.71. The number of amides is 1. The van der Waals surface area contributed by atoms with E-state index < -0.39 is 12.1 Å². The van der Waals surface area contributed by atoms with E-state index in [0.717, 1.165) is 6.42 Å². The van der Waals surface area contributed by atoms with E-state index in [1.54, 1.807) is 0 Å². The van der Waals surface area contributed by atoms with E-state index >= 15 is 0 Å². The molecule has 86 valence electrons. The molecule has 2 fully saturated rings. The lowest BCUT2D eigenvalue weighted by Crippen LogP contribution is -2.55. The molecule has 0 aromatic carbocycles. The van der Waals surface area contributed by atoms with Crippen LogP contribution >= 0.6 is 0 Å². The molecule has 2 rings (SSSR count). The first-order valence-electron chi connectivity index (χ1n) is 5.22. The minimum atomic E-state index is -4.14. The van der Waals surface area contributed by atoms with Crippen molar-refractivity contribution in [3.8, 4) is 0 Å². The van der Waals surface area contributed by atoms with E-state index in [1.165, 1.54) is 4.90 Å². The van der Waals surface area contributed by atoms with Gasteiger partial charge in [0, 0.05) is 19.5 Å². The van der Waals surface area contributed by atoms with Crippen molar-refractivity contribution < 1.29 is 18.0 Å². The lowest BCUT2D eigenvalue weighted by molar-refractivity contribution is -0.209. The van der Waals surface area contributed by atoms with E-state index in [2.05, 4.69) is 6.92 Å². The Kier molecular flexibility index (Phi) is 2.43. The minimum absolute atomic E-state index is 0.107. The number of hydrogen-bond donors (Lipinski definition) is 0. The van der Waals surface area contributed by atoms with Gasteiger partial charge in [-0.05, 0) is 18.3 Å². The Morgan fingerprint density at radius 1 is 1.40 bits per heavy atom. The SMILES string of the molecule is CC1CC1CC(=O)N1CC(C(F)(F)F)C1. The summed E-state index contributed by atoms with van der Waals surface area (Å²) in [5.74, 6) is -0.404. The fraction of sp³-hybridized carbons (Fsp3) is 0.900. The third-order valence-electron chi connectivity index (χ3n) is 3.41. The van der Waals surface area contributed by atoms with Crippen molar-refractivity contribution in [1.82, 2.24) is 4.90 Å². The average molecular weight is 221 g/mol. The molecule has 2 atom stereocenters. The van der Waals surface area contributed by atoms with Crippen LogP contribution in [0.15, 0.2) is 0 Å². The molecule has 5 heteroatoms. The monoisotopic (exact) mass is 221 g/mol. The van der Waals surface area contributed by atoms with Gasteiger partial charge < -0.3 is 4.90 Å². The van der Waals surface area contributed by atoms with E-state index in [4.69, 9.17) is 0 Å². The lowest BCUT2D eigenvalue weighted by atomic mass is 9.99. The molecule has 0 N–H and O–H groups in total. The van der Waals surface area contributed by atoms with E-state index in [-0.39, 0.29) is 19.0 Å². The van der Waals surface area contributed by atoms with Crippen LogP contribution in [0.3, 0.4) is 0 Å². The second kappa shape index (κ2) is 3.39. The Morgan fingerprint density at radius 3 is 2.33 bits per heavy atom. The fourth-order valence-corrected chi connectivity index (χ4v) is 1.93. The first-order valence-corrected chi connectivity index (χ1v) is 5.22. The van der Waals surface area contributed by atoms with Crippen molar-refractivity contribution in [2.75, 3.05) is 13.1 Å². The molecule has 0 radical (unpaired) electrons. The van der Waals surface area contributed by atoms with E-state index in [1.807, 2.05) is 0 Å². The average Bonchev–Trinajstić information content (AvgIpc) is 2.58. The Morgan fingerprint density at radius 2 is 1.93 bits per heavy atom. The van der Waals surface area contributed by atoms with Crippen LogP contribution in [0.4, 0.5) is 13.2 Å². The summed E-state index contributed by atoms with van der Waals surface area (Å²) >= 11 is 0. The van der Waals surface area contributed by atoms with Gasteiger partial charge in [0.1, 0.15) is 0 Å². The molecule has 1 aliphatic carbocycles. The summed E-state index contributed by atoms with van der Waals surface area (Å²) in [5, 5.41) is 0. The van der Waals surface area contributed by atoms with Gasteiger partial charge in [-0.15, -0.1) is 0 Å². The predicted molar refractivity (Wildman–Crippen MR) is 48.0 cm³/mol. The number of alkyl halides is 3. The molecule has 2 aliphatic rings. The first kappa shape index (κ1) is 10.8. The van der Waals surface area contributed by atoms with Gasteiger partial charge in [0.2, 0.25) is 5.91 Å². The summed E-state index contributed by atoms with van der Waals surface area (Å²) in [4.78, 5) is 12.8. The number of carbonyl (C=O) groups excluding carboxylic acids is 1. The van der Waals surface area contributed by atoms with Gasteiger partial charge in [-0.3, -0.25) is 4.79 Å². The van der Waals surface area contributed by atoms with Crippen LogP contribution in [0.2, 0.25) is 0 Å². The molecule has 1 heterocycles. The third kappa shape index (κ3) is 2.26. The minimum Gasteiger partial charge on any atom is -0.341 e. The first-order chi connectivity index (χ1) is 6.88. The van der Waals surface area contributed by atoms with Crippen LogP contribution in [0.1, 0.15) is 19.8 Å². The van der Waals surface area contributed by atoms with Crippen molar-refractivity contribution in [3.05, 3.63) is 0 Å². The standard InChI is InChI=1S/C10H14F3NO/c1-6-2-7(6)3-9(15)14-4-8(5-14)10(11,12)13/h6-8H,2-5H2,1H3. The van der Waals surface area contributed by atoms with Gasteiger partial charge in [0.15, 0.2) is 0 Å². The highest BCUT2D eigenvalue weighted by atomic mass is 19.4. The number of nitrogens with zero attached hydrogens (tertiary/aromatic N) is 1. The molecule has 0 bridgehead atoms. The molecule has 0 aromatic heterocycles. The van der Waals surface area contributed by atoms with Gasteiger partial charge in [-0.1, -0.05) is 6.92 Å². The van der Waals surface area contributed by atoms with Crippen LogP contribution in [0, 0.1) is 17.8 Å². The summed E-state index contributed by atoms with van der Waals surface area (Å²) in [5.41, 5.74) is 0. The Bertz CT molecular complexity index is 270. The zero-order valence-electron chi connectivity index (χ0n) is 8.55. The summed E-state index contributed by atoms with van der Waals surface area (Å²) in [6, 6.07) is 0. The Balaban J connectivity index is 1.72. The van der Waals surface area contributed by atoms with Crippen LogP contribution in [0.5, 0.6) is 0 Å². The largest absolute Gasteiger partial charge is 0.395 e. The van der Waals surface area contributed by atoms with Crippen LogP contribution in [0.25, 0.3) is 0 Å². The van der Waals surface area contributed by atoms with Gasteiger partial charge in [0.25, 0.3) is 0 Å². The number of carbonyl (C=O) groups is 1. The highest BCUT2D eigenvalue weighted by molar-refractivity contribution is 5.77. The van der Waals surface area contributed by atoms with Gasteiger partial charge >= 0.3 is 6.18 Å². The zero-order chi connectivity index (χ0) is 11.2. The summed E-state index contributed by atoms with van der Waals surface area (Å²) in [6.07, 6.45) is -2.66. The number of likely N-dealkylation sites (tertiary alicyclic amines) is 1. The normalized spacial score (nSPS) is 31.3. The molecule has 1 amide bonds. The molecule has 0 aromatic rings. The van der Waals surface area contributed by atoms with Crippen molar-refractivity contribution in [2.24, 2.45) is 17.8 Å². The van der Waals surface area contributed by atoms with Gasteiger partial charge in [-0.2, -0.15) is 13.2 Å². The molecule has 1 saturated carbocycles. The highest BCUT2D eigenvalue weighted by Crippen LogP contribution is 2.42. The molecule has 2 nitrogen and oxygen atoms in total. The Hall–Kier alpha value is -0.740. The van der Waals surface area contributed by atoms with E-state index in [0.29, 0.717) is 18.3 Å². The highest BCUT2D eigenvalue weighted by Gasteiger charge is 2.49. The fourth-order valence-electron chi connectivity index (χ4n) is 1.93.